The van der Waals surface area contributed by atoms with E-state index in [0.29, 0.717) is 0 Å². The van der Waals surface area contributed by atoms with Crippen molar-refractivity contribution in [2.45, 2.75) is 0 Å². The Morgan fingerprint density at radius 3 is 3.07 bits per heavy atom. The number of hydrogen-bond acceptors (Lipinski definition) is 3. The van der Waals surface area contributed by atoms with Gasteiger partial charge in [-0.25, -0.2) is 4.52 Å². The predicted octanol–water partition coefficient (Wildman–Crippen LogP) is 1.99. The second-order valence-corrected chi connectivity index (χ2v) is 3.00. The van der Waals surface area contributed by atoms with Crippen LogP contribution in [0.3, 0.4) is 0 Å². The largest absolute Gasteiger partial charge is 0.364 e. The number of rotatable bonds is 1. The van der Waals surface area contributed by atoms with Crippen LogP contribution in [0.2, 0.25) is 0 Å². The summed E-state index contributed by atoms with van der Waals surface area (Å²) in [5.41, 5.74) is 3.04. The van der Waals surface area contributed by atoms with Crippen molar-refractivity contribution in [1.29, 1.82) is 0 Å². The molecular weight excluding hydrogens is 178 g/mol. The monoisotopic (exact) mass is 185 g/mol. The van der Waals surface area contributed by atoms with Gasteiger partial charge in [0, 0.05) is 17.3 Å². The Morgan fingerprint density at radius 1 is 1.21 bits per heavy atom. The lowest BCUT2D eigenvalue weighted by Gasteiger charge is -1.92. The summed E-state index contributed by atoms with van der Waals surface area (Å²) in [7, 11) is 0. The highest BCUT2D eigenvalue weighted by Gasteiger charge is 2.06. The van der Waals surface area contributed by atoms with E-state index in [1.54, 1.807) is 12.5 Å². The van der Waals surface area contributed by atoms with Gasteiger partial charge in [0.2, 0.25) is 0 Å². The van der Waals surface area contributed by atoms with Gasteiger partial charge in [0.25, 0.3) is 0 Å². The molecule has 3 aromatic heterocycles. The molecule has 0 aliphatic carbocycles. The number of pyridine rings is 1. The molecule has 0 radical (unpaired) electrons. The van der Waals surface area contributed by atoms with Crippen LogP contribution in [-0.4, -0.2) is 14.8 Å². The number of aromatic nitrogens is 3. The molecule has 3 heterocycles. The molecule has 68 valence electrons. The van der Waals surface area contributed by atoms with E-state index in [1.165, 1.54) is 0 Å². The molecule has 0 unspecified atom stereocenters. The van der Waals surface area contributed by atoms with Crippen LogP contribution in [0.25, 0.3) is 16.6 Å². The fourth-order valence-electron chi connectivity index (χ4n) is 1.49. The minimum absolute atomic E-state index is 0.950. The van der Waals surface area contributed by atoms with Gasteiger partial charge in [-0.15, -0.1) is 0 Å². The van der Waals surface area contributed by atoms with Crippen LogP contribution in [0, 0.1) is 0 Å². The molecule has 0 amide bonds. The van der Waals surface area contributed by atoms with Crippen molar-refractivity contribution in [3.05, 3.63) is 43.1 Å². The Labute approximate surface area is 79.8 Å². The fourth-order valence-corrected chi connectivity index (χ4v) is 1.49. The van der Waals surface area contributed by atoms with E-state index in [9.17, 15) is 0 Å². The van der Waals surface area contributed by atoms with Crippen LogP contribution in [0.4, 0.5) is 0 Å². The number of nitrogens with zero attached hydrogens (tertiary/aromatic N) is 3. The van der Waals surface area contributed by atoms with E-state index in [1.807, 2.05) is 35.1 Å². The molecule has 0 saturated heterocycles. The van der Waals surface area contributed by atoms with Crippen molar-refractivity contribution in [1.82, 2.24) is 14.8 Å². The summed E-state index contributed by atoms with van der Waals surface area (Å²) in [6.45, 7) is 0. The summed E-state index contributed by atoms with van der Waals surface area (Å²) in [4.78, 5) is 0. The van der Waals surface area contributed by atoms with Crippen molar-refractivity contribution in [2.75, 3.05) is 0 Å². The summed E-state index contributed by atoms with van der Waals surface area (Å²) < 4.78 is 6.62. The quantitative estimate of drug-likeness (QED) is 0.582. The van der Waals surface area contributed by atoms with Crippen LogP contribution >= 0.6 is 0 Å². The first-order chi connectivity index (χ1) is 6.95. The minimum atomic E-state index is 0.950. The van der Waals surface area contributed by atoms with Gasteiger partial charge in [-0.2, -0.15) is 5.10 Å². The molecule has 0 atom stereocenters. The lowest BCUT2D eigenvalue weighted by molar-refractivity contribution is 0.420. The highest BCUT2D eigenvalue weighted by atomic mass is 16.5. The third kappa shape index (κ3) is 0.939. The van der Waals surface area contributed by atoms with E-state index in [4.69, 9.17) is 4.52 Å². The molecule has 0 spiro atoms. The first-order valence-electron chi connectivity index (χ1n) is 4.27. The Bertz CT molecular complexity index is 554. The average molecular weight is 185 g/mol. The van der Waals surface area contributed by atoms with E-state index < -0.39 is 0 Å². The van der Waals surface area contributed by atoms with Crippen molar-refractivity contribution >= 4 is 5.52 Å². The van der Waals surface area contributed by atoms with E-state index >= 15 is 0 Å². The first-order valence-corrected chi connectivity index (χ1v) is 4.27. The zero-order valence-corrected chi connectivity index (χ0v) is 7.29. The second kappa shape index (κ2) is 2.70. The van der Waals surface area contributed by atoms with E-state index in [2.05, 4.69) is 10.3 Å². The average Bonchev–Trinajstić information content (AvgIpc) is 2.85. The van der Waals surface area contributed by atoms with Crippen molar-refractivity contribution in [3.8, 4) is 11.1 Å². The summed E-state index contributed by atoms with van der Waals surface area (Å²) in [6, 6.07) is 5.93. The van der Waals surface area contributed by atoms with Gasteiger partial charge in [-0.05, 0) is 12.1 Å². The predicted molar refractivity (Wildman–Crippen MR) is 50.7 cm³/mol. The van der Waals surface area contributed by atoms with Crippen LogP contribution < -0.4 is 0 Å². The van der Waals surface area contributed by atoms with Crippen LogP contribution in [0.5, 0.6) is 0 Å². The Morgan fingerprint density at radius 2 is 2.21 bits per heavy atom. The zero-order valence-electron chi connectivity index (χ0n) is 7.29. The van der Waals surface area contributed by atoms with E-state index in [0.717, 1.165) is 16.6 Å². The van der Waals surface area contributed by atoms with Crippen molar-refractivity contribution in [3.63, 3.8) is 0 Å². The van der Waals surface area contributed by atoms with Crippen LogP contribution in [0.1, 0.15) is 0 Å². The third-order valence-electron chi connectivity index (χ3n) is 2.17. The Kier molecular flexibility index (Phi) is 1.41. The van der Waals surface area contributed by atoms with Gasteiger partial charge in [-0.1, -0.05) is 11.2 Å². The van der Waals surface area contributed by atoms with Gasteiger partial charge in [0.1, 0.15) is 6.26 Å². The SMILES string of the molecule is c1ccn2ncc(-c3cnoc3)c2c1. The molecule has 0 bridgehead atoms. The van der Waals surface area contributed by atoms with Gasteiger partial charge in [0.05, 0.1) is 17.9 Å². The lowest BCUT2D eigenvalue weighted by atomic mass is 10.1. The highest BCUT2D eigenvalue weighted by molar-refractivity contribution is 5.78. The van der Waals surface area contributed by atoms with Gasteiger partial charge in [-0.3, -0.25) is 0 Å². The second-order valence-electron chi connectivity index (χ2n) is 3.00. The van der Waals surface area contributed by atoms with Crippen LogP contribution in [-0.2, 0) is 0 Å². The van der Waals surface area contributed by atoms with E-state index in [-0.39, 0.29) is 0 Å². The molecule has 0 aromatic carbocycles. The zero-order chi connectivity index (χ0) is 9.38. The molecule has 14 heavy (non-hydrogen) atoms. The Balaban J connectivity index is 2.33. The molecule has 3 aromatic rings. The first kappa shape index (κ1) is 7.32. The standard InChI is InChI=1S/C10H7N3O/c1-2-4-13-10(3-1)9(6-11-13)8-5-12-14-7-8/h1-7H. The van der Waals surface area contributed by atoms with Gasteiger partial charge in [0.15, 0.2) is 0 Å². The fraction of sp³-hybridized carbons (Fsp3) is 0. The molecule has 0 N–H and O–H groups in total. The summed E-state index contributed by atoms with van der Waals surface area (Å²) in [6.07, 6.45) is 7.02. The highest BCUT2D eigenvalue weighted by Crippen LogP contribution is 2.23. The maximum atomic E-state index is 4.80. The molecule has 0 saturated carbocycles. The molecule has 0 aliphatic heterocycles. The smallest absolute Gasteiger partial charge is 0.131 e. The van der Waals surface area contributed by atoms with Crippen LogP contribution in [0.15, 0.2) is 47.6 Å². The maximum absolute atomic E-state index is 4.80. The number of hydrogen-bond donors (Lipinski definition) is 0. The maximum Gasteiger partial charge on any atom is 0.131 e. The van der Waals surface area contributed by atoms with Crippen molar-refractivity contribution < 1.29 is 4.52 Å². The topological polar surface area (TPSA) is 43.3 Å². The molecule has 3 rings (SSSR count). The lowest BCUT2D eigenvalue weighted by Crippen LogP contribution is -1.82. The summed E-state index contributed by atoms with van der Waals surface area (Å²) >= 11 is 0. The van der Waals surface area contributed by atoms with Crippen molar-refractivity contribution in [2.24, 2.45) is 0 Å². The molecule has 0 fully saturated rings. The molecule has 0 aliphatic rings. The minimum Gasteiger partial charge on any atom is -0.364 e. The third-order valence-corrected chi connectivity index (χ3v) is 2.17. The number of fused-ring (bicyclic) bond motifs is 1. The summed E-state index contributed by atoms with van der Waals surface area (Å²) in [5.74, 6) is 0. The van der Waals surface area contributed by atoms with Gasteiger partial charge < -0.3 is 4.52 Å². The molecule has 4 heteroatoms. The molecule has 4 nitrogen and oxygen atoms in total. The normalized spacial score (nSPS) is 10.9. The molecular formula is C10H7N3O. The summed E-state index contributed by atoms with van der Waals surface area (Å²) in [5, 5.41) is 7.89. The Hall–Kier alpha value is -2.10. The van der Waals surface area contributed by atoms with Gasteiger partial charge >= 0.3 is 0 Å².